The molecule has 0 saturated heterocycles. The van der Waals surface area contributed by atoms with Gasteiger partial charge in [0.1, 0.15) is 6.21 Å². The second kappa shape index (κ2) is 3.79. The van der Waals surface area contributed by atoms with Gasteiger partial charge < -0.3 is 10.4 Å². The van der Waals surface area contributed by atoms with Gasteiger partial charge in [0, 0.05) is 10.7 Å². The van der Waals surface area contributed by atoms with Crippen LogP contribution in [0.2, 0.25) is 0 Å². The number of hydrogen-bond acceptors (Lipinski definition) is 5. The van der Waals surface area contributed by atoms with E-state index in [4.69, 9.17) is 5.21 Å². The minimum atomic E-state index is 0.0590. The van der Waals surface area contributed by atoms with Gasteiger partial charge in [-0.1, -0.05) is 35.5 Å². The molecule has 0 saturated carbocycles. The molecule has 0 fully saturated rings. The van der Waals surface area contributed by atoms with E-state index in [0.717, 1.165) is 6.21 Å². The fourth-order valence-electron chi connectivity index (χ4n) is 1.21. The number of benzene rings is 1. The van der Waals surface area contributed by atoms with E-state index >= 15 is 0 Å². The van der Waals surface area contributed by atoms with Gasteiger partial charge in [0.15, 0.2) is 0 Å². The molecule has 0 aliphatic rings. The lowest BCUT2D eigenvalue weighted by molar-refractivity contribution is -0.803. The van der Waals surface area contributed by atoms with Crippen molar-refractivity contribution < 1.29 is 14.7 Å². The Hall–Kier alpha value is -2.37. The third kappa shape index (κ3) is 1.64. The molecular formula is C9H7N3O3. The topological polar surface area (TPSA) is 85.6 Å². The Morgan fingerprint density at radius 2 is 2.13 bits per heavy atom. The number of hydrogen-bond donors (Lipinski definition) is 1. The van der Waals surface area contributed by atoms with Gasteiger partial charge in [-0.05, 0) is 4.90 Å². The minimum absolute atomic E-state index is 0.0590. The maximum absolute atomic E-state index is 11.1. The van der Waals surface area contributed by atoms with Crippen molar-refractivity contribution >= 4 is 6.21 Å². The number of aromatic nitrogens is 2. The molecule has 6 heteroatoms. The first kappa shape index (κ1) is 9.20. The molecule has 1 heterocycles. The summed E-state index contributed by atoms with van der Waals surface area (Å²) in [4.78, 5) is 0.183. The molecule has 0 radical (unpaired) electrons. The van der Waals surface area contributed by atoms with Crippen molar-refractivity contribution in [1.29, 1.82) is 0 Å². The first-order valence-corrected chi connectivity index (χ1v) is 4.15. The second-order valence-corrected chi connectivity index (χ2v) is 2.77. The molecule has 0 aliphatic carbocycles. The summed E-state index contributed by atoms with van der Waals surface area (Å²) >= 11 is 0. The van der Waals surface area contributed by atoms with E-state index in [9.17, 15) is 5.21 Å². The predicted octanol–water partition coefficient (Wildman–Crippen LogP) is 0.783. The highest BCUT2D eigenvalue weighted by atomic mass is 17.1. The lowest BCUT2D eigenvalue weighted by Crippen LogP contribution is -2.27. The van der Waals surface area contributed by atoms with Crippen molar-refractivity contribution in [2.75, 3.05) is 0 Å². The molecule has 1 aromatic carbocycles. The van der Waals surface area contributed by atoms with Crippen molar-refractivity contribution in [3.63, 3.8) is 0 Å². The third-order valence-corrected chi connectivity index (χ3v) is 1.87. The number of rotatable bonds is 2. The number of oxime groups is 1. The van der Waals surface area contributed by atoms with Crippen LogP contribution in [0, 0.1) is 5.21 Å². The zero-order valence-corrected chi connectivity index (χ0v) is 7.57. The van der Waals surface area contributed by atoms with E-state index in [2.05, 4.69) is 14.9 Å². The van der Waals surface area contributed by atoms with Crippen LogP contribution in [0.25, 0.3) is 11.3 Å². The van der Waals surface area contributed by atoms with E-state index in [1.165, 1.54) is 0 Å². The Morgan fingerprint density at radius 3 is 2.80 bits per heavy atom. The summed E-state index contributed by atoms with van der Waals surface area (Å²) < 4.78 is 4.41. The fourth-order valence-corrected chi connectivity index (χ4v) is 1.21. The summed E-state index contributed by atoms with van der Waals surface area (Å²) in [7, 11) is 0. The Bertz CT molecular complexity index is 479. The number of nitrogens with zero attached hydrogens (tertiary/aromatic N) is 3. The minimum Gasteiger partial charge on any atom is -0.411 e. The molecule has 0 amide bonds. The Labute approximate surface area is 84.6 Å². The van der Waals surface area contributed by atoms with E-state index in [0.29, 0.717) is 11.3 Å². The predicted molar refractivity (Wildman–Crippen MR) is 50.3 cm³/mol. The first-order chi connectivity index (χ1) is 7.33. The zero-order chi connectivity index (χ0) is 10.7. The third-order valence-electron chi connectivity index (χ3n) is 1.87. The molecular weight excluding hydrogens is 201 g/mol. The van der Waals surface area contributed by atoms with E-state index in [1.54, 1.807) is 24.3 Å². The van der Waals surface area contributed by atoms with Gasteiger partial charge in [-0.15, -0.1) is 0 Å². The van der Waals surface area contributed by atoms with Crippen LogP contribution in [0.3, 0.4) is 0 Å². The van der Waals surface area contributed by atoms with Crippen molar-refractivity contribution in [2.45, 2.75) is 0 Å². The molecule has 0 atom stereocenters. The lowest BCUT2D eigenvalue weighted by atomic mass is 10.1. The van der Waals surface area contributed by atoms with Gasteiger partial charge in [-0.2, -0.15) is 0 Å². The summed E-state index contributed by atoms with van der Waals surface area (Å²) in [6, 6.07) is 8.99. The molecule has 1 N–H and O–H groups in total. The molecule has 6 nitrogen and oxygen atoms in total. The highest BCUT2D eigenvalue weighted by Crippen LogP contribution is 2.17. The second-order valence-electron chi connectivity index (χ2n) is 2.77. The first-order valence-electron chi connectivity index (χ1n) is 4.15. The molecule has 0 aliphatic heterocycles. The van der Waals surface area contributed by atoms with Crippen LogP contribution >= 0.6 is 0 Å². The van der Waals surface area contributed by atoms with Crippen molar-refractivity contribution in [1.82, 2.24) is 5.16 Å². The van der Waals surface area contributed by atoms with Crippen molar-refractivity contribution in [2.24, 2.45) is 5.16 Å². The Morgan fingerprint density at radius 1 is 1.40 bits per heavy atom. The maximum atomic E-state index is 11.1. The quantitative estimate of drug-likeness (QED) is 0.260. The van der Waals surface area contributed by atoms with Crippen LogP contribution in [0.1, 0.15) is 5.69 Å². The van der Waals surface area contributed by atoms with Crippen molar-refractivity contribution in [3.8, 4) is 11.3 Å². The van der Waals surface area contributed by atoms with Crippen LogP contribution < -0.4 is 4.90 Å². The molecule has 76 valence electrons. The normalized spacial score (nSPS) is 10.9. The largest absolute Gasteiger partial charge is 0.411 e. The average molecular weight is 208 g/mol. The molecule has 15 heavy (non-hydrogen) atoms. The summed E-state index contributed by atoms with van der Waals surface area (Å²) in [5.41, 5.74) is 1.11. The van der Waals surface area contributed by atoms with E-state index in [1.807, 2.05) is 6.07 Å². The van der Waals surface area contributed by atoms with Gasteiger partial charge in [0.25, 0.3) is 5.69 Å². The lowest BCUT2D eigenvalue weighted by Gasteiger charge is -1.91. The average Bonchev–Trinajstić information content (AvgIpc) is 2.63. The van der Waals surface area contributed by atoms with Gasteiger partial charge in [0.05, 0.1) is 0 Å². The molecule has 1 aromatic heterocycles. The monoisotopic (exact) mass is 208 g/mol. The van der Waals surface area contributed by atoms with Gasteiger partial charge in [-0.3, -0.25) is 4.63 Å². The molecule has 0 bridgehead atoms. The van der Waals surface area contributed by atoms with Crippen LogP contribution in [0.4, 0.5) is 0 Å². The summed E-state index contributed by atoms with van der Waals surface area (Å²) in [5.74, 6) is 0. The zero-order valence-electron chi connectivity index (χ0n) is 7.57. The molecule has 0 spiro atoms. The van der Waals surface area contributed by atoms with E-state index in [-0.39, 0.29) is 10.6 Å². The Kier molecular flexibility index (Phi) is 2.32. The van der Waals surface area contributed by atoms with Crippen LogP contribution in [0.5, 0.6) is 0 Å². The SMILES string of the molecule is [O-][15n+]1o[15n]c(-c2ccccc2)c1/C=[15N]/O. The standard InChI is InChI=1S/C9H7N3O3/c13-10-6-8-9(11-15-12(8)14)7-4-2-1-3-5-7/h1-6,13H/b10-6+/i10+1,11+1,12+1. The summed E-state index contributed by atoms with van der Waals surface area (Å²) in [6.07, 6.45) is 0.978. The maximum Gasteiger partial charge on any atom is 0.257 e. The highest BCUT2D eigenvalue weighted by Gasteiger charge is 2.18. The van der Waals surface area contributed by atoms with Gasteiger partial charge in [-0.25, -0.2) is 0 Å². The molecule has 2 rings (SSSR count). The Balaban J connectivity index is 2.54. The van der Waals surface area contributed by atoms with Gasteiger partial charge >= 0.3 is 0 Å². The summed E-state index contributed by atoms with van der Waals surface area (Å²) in [5, 5.41) is 25.8. The van der Waals surface area contributed by atoms with Crippen LogP contribution in [0.15, 0.2) is 40.1 Å². The highest BCUT2D eigenvalue weighted by molar-refractivity contribution is 5.83. The fraction of sp³-hybridized carbons (Fsp3) is 0. The smallest absolute Gasteiger partial charge is 0.257 e. The van der Waals surface area contributed by atoms with Crippen LogP contribution in [-0.2, 0) is 0 Å². The molecule has 0 unspecified atom stereocenters. The molecule has 2 aromatic rings. The van der Waals surface area contributed by atoms with Gasteiger partial charge in [0.2, 0.25) is 5.69 Å². The van der Waals surface area contributed by atoms with E-state index < -0.39 is 0 Å². The van der Waals surface area contributed by atoms with Crippen LogP contribution in [-0.4, -0.2) is 16.6 Å². The van der Waals surface area contributed by atoms with Crippen molar-refractivity contribution in [3.05, 3.63) is 41.2 Å². The summed E-state index contributed by atoms with van der Waals surface area (Å²) in [6.45, 7) is 0.